The van der Waals surface area contributed by atoms with Crippen molar-refractivity contribution < 1.29 is 9.47 Å². The van der Waals surface area contributed by atoms with E-state index in [-0.39, 0.29) is 0 Å². The van der Waals surface area contributed by atoms with Crippen molar-refractivity contribution in [3.8, 4) is 58.3 Å². The number of hydrogen-bond donors (Lipinski definition) is 0. The van der Waals surface area contributed by atoms with Crippen LogP contribution in [-0.4, -0.2) is 14.5 Å². The van der Waals surface area contributed by atoms with Crippen LogP contribution in [0.25, 0.3) is 38.9 Å². The maximum absolute atomic E-state index is 9.85. The van der Waals surface area contributed by atoms with E-state index in [1.165, 1.54) is 0 Å². The van der Waals surface area contributed by atoms with Crippen molar-refractivity contribution in [3.05, 3.63) is 191 Å². The molecule has 0 amide bonds. The number of anilines is 3. The molecule has 1 spiro atoms. The van der Waals surface area contributed by atoms with Gasteiger partial charge in [0.2, 0.25) is 0 Å². The van der Waals surface area contributed by atoms with Crippen molar-refractivity contribution in [3.63, 3.8) is 0 Å². The number of nitrogens with zero attached hydrogens (tertiary/aromatic N) is 7. The molecule has 59 heavy (non-hydrogen) atoms. The molecule has 1 aliphatic carbocycles. The van der Waals surface area contributed by atoms with Gasteiger partial charge in [-0.1, -0.05) is 48.5 Å². The Balaban J connectivity index is 1.16. The second kappa shape index (κ2) is 11.9. The fraction of sp³-hybridized carbons (Fsp3) is 0.0200. The van der Waals surface area contributed by atoms with Gasteiger partial charge in [-0.15, -0.1) is 0 Å². The molecule has 2 aliphatic heterocycles. The summed E-state index contributed by atoms with van der Waals surface area (Å²) in [6, 6.07) is 52.2. The van der Waals surface area contributed by atoms with E-state index in [2.05, 4.69) is 51.9 Å². The lowest BCUT2D eigenvalue weighted by molar-refractivity contribution is 0.436. The maximum atomic E-state index is 9.85. The van der Waals surface area contributed by atoms with E-state index in [1.807, 2.05) is 116 Å². The minimum atomic E-state index is -0.915. The van der Waals surface area contributed by atoms with Gasteiger partial charge in [0.1, 0.15) is 11.5 Å². The number of ether oxygens (including phenoxy) is 2. The molecule has 0 atom stereocenters. The molecule has 0 radical (unpaired) electrons. The normalized spacial score (nSPS) is 13.4. The first kappa shape index (κ1) is 32.5. The van der Waals surface area contributed by atoms with E-state index in [9.17, 15) is 15.8 Å². The summed E-state index contributed by atoms with van der Waals surface area (Å²) in [5.41, 5.74) is 11.0. The number of benzene rings is 6. The quantitative estimate of drug-likeness (QED) is 0.171. The Morgan fingerprint density at radius 3 is 1.58 bits per heavy atom. The van der Waals surface area contributed by atoms with Crippen molar-refractivity contribution >= 4 is 38.9 Å². The van der Waals surface area contributed by atoms with Crippen LogP contribution in [-0.2, 0) is 5.41 Å². The van der Waals surface area contributed by atoms with Gasteiger partial charge in [0, 0.05) is 39.1 Å². The van der Waals surface area contributed by atoms with E-state index in [0.717, 1.165) is 89.7 Å². The SMILES string of the molecule is N#Cc1ccc2c(c1)Oc1ccccc1N2c1cnc2c(c1)C1(c3ccccc3Oc3ccccc31)c1cc(-n3c4ccc(C#N)cc4c4cc(C#N)ccc43)cnc1-2. The number of aromatic nitrogens is 3. The van der Waals surface area contributed by atoms with Gasteiger partial charge in [0.15, 0.2) is 11.5 Å². The number of nitriles is 3. The van der Waals surface area contributed by atoms with Gasteiger partial charge < -0.3 is 18.9 Å². The molecule has 0 bridgehead atoms. The van der Waals surface area contributed by atoms with Gasteiger partial charge >= 0.3 is 0 Å². The van der Waals surface area contributed by atoms with Crippen LogP contribution in [0.15, 0.2) is 152 Å². The predicted octanol–water partition coefficient (Wildman–Crippen LogP) is 11.2. The lowest BCUT2D eigenvalue weighted by Gasteiger charge is -2.39. The summed E-state index contributed by atoms with van der Waals surface area (Å²) in [6.07, 6.45) is 3.76. The minimum Gasteiger partial charge on any atom is -0.457 e. The average Bonchev–Trinajstić information content (AvgIpc) is 3.76. The largest absolute Gasteiger partial charge is 0.457 e. The molecule has 12 rings (SSSR count). The summed E-state index contributed by atoms with van der Waals surface area (Å²) in [6.45, 7) is 0. The molecule has 9 nitrogen and oxygen atoms in total. The van der Waals surface area contributed by atoms with E-state index in [0.29, 0.717) is 28.2 Å². The highest BCUT2D eigenvalue weighted by Gasteiger charge is 2.53. The molecule has 0 unspecified atom stereocenters. The molecule has 0 fully saturated rings. The summed E-state index contributed by atoms with van der Waals surface area (Å²) < 4.78 is 15.2. The van der Waals surface area contributed by atoms with Crippen LogP contribution in [0.5, 0.6) is 23.0 Å². The predicted molar refractivity (Wildman–Crippen MR) is 223 cm³/mol. The fourth-order valence-electron chi connectivity index (χ4n) is 9.37. The Morgan fingerprint density at radius 1 is 0.458 bits per heavy atom. The zero-order chi connectivity index (χ0) is 39.4. The molecule has 0 saturated heterocycles. The van der Waals surface area contributed by atoms with Gasteiger partial charge in [-0.05, 0) is 84.9 Å². The fourth-order valence-corrected chi connectivity index (χ4v) is 9.37. The third-order valence-electron chi connectivity index (χ3n) is 11.8. The number of pyridine rings is 2. The topological polar surface area (TPSA) is 124 Å². The van der Waals surface area contributed by atoms with Crippen LogP contribution in [0.3, 0.4) is 0 Å². The second-order valence-electron chi connectivity index (χ2n) is 14.7. The molecule has 272 valence electrons. The Kier molecular flexibility index (Phi) is 6.56. The Labute approximate surface area is 337 Å². The summed E-state index contributed by atoms with van der Waals surface area (Å²) in [5, 5.41) is 31.2. The maximum Gasteiger partial charge on any atom is 0.152 e. The lowest BCUT2D eigenvalue weighted by Crippen LogP contribution is -2.32. The van der Waals surface area contributed by atoms with Gasteiger partial charge in [-0.2, -0.15) is 15.8 Å². The standard InChI is InChI=1S/C50H25N7O2/c51-24-29-13-16-40-34(19-29)35-20-30(25-52)14-17-41(35)56(40)32-22-38-48(54-27-32)49-39(50(38)36-7-1-4-10-44(36)58-45-11-5-2-8-37(45)50)23-33(28-55-49)57-42-9-3-6-12-46(42)59-47-21-31(26-53)15-18-43(47)57/h1-23,27-28H. The molecule has 9 aromatic rings. The molecular weight excluding hydrogens is 731 g/mol. The molecule has 3 aliphatic rings. The lowest BCUT2D eigenvalue weighted by atomic mass is 9.66. The minimum absolute atomic E-state index is 0.501. The monoisotopic (exact) mass is 755 g/mol. The van der Waals surface area contributed by atoms with Crippen molar-refractivity contribution in [2.75, 3.05) is 4.90 Å². The van der Waals surface area contributed by atoms with Gasteiger partial charge in [-0.25, -0.2) is 0 Å². The van der Waals surface area contributed by atoms with Crippen LogP contribution in [0, 0.1) is 34.0 Å². The number of para-hydroxylation sites is 4. The highest BCUT2D eigenvalue weighted by molar-refractivity contribution is 6.10. The number of hydrogen-bond acceptors (Lipinski definition) is 8. The molecule has 0 N–H and O–H groups in total. The molecule has 5 heterocycles. The van der Waals surface area contributed by atoms with Crippen molar-refractivity contribution in [2.45, 2.75) is 5.41 Å². The first-order valence-electron chi connectivity index (χ1n) is 19.0. The molecular formula is C50H25N7O2. The molecule has 6 aromatic carbocycles. The highest BCUT2D eigenvalue weighted by Crippen LogP contribution is 2.62. The van der Waals surface area contributed by atoms with E-state index < -0.39 is 5.41 Å². The summed E-state index contributed by atoms with van der Waals surface area (Å²) in [7, 11) is 0. The Morgan fingerprint density at radius 2 is 0.949 bits per heavy atom. The third-order valence-corrected chi connectivity index (χ3v) is 11.8. The Bertz CT molecular complexity index is 3360. The zero-order valence-corrected chi connectivity index (χ0v) is 30.9. The third kappa shape index (κ3) is 4.34. The smallest absolute Gasteiger partial charge is 0.152 e. The highest BCUT2D eigenvalue weighted by atomic mass is 16.5. The summed E-state index contributed by atoms with van der Waals surface area (Å²) in [5.74, 6) is 2.70. The van der Waals surface area contributed by atoms with Crippen LogP contribution in [0.2, 0.25) is 0 Å². The van der Waals surface area contributed by atoms with Gasteiger partial charge in [0.05, 0.1) is 97.9 Å². The van der Waals surface area contributed by atoms with Crippen molar-refractivity contribution in [1.29, 1.82) is 15.8 Å². The van der Waals surface area contributed by atoms with Gasteiger partial charge in [-0.3, -0.25) is 9.97 Å². The molecule has 9 heteroatoms. The number of fused-ring (bicyclic) bond motifs is 14. The first-order valence-corrected chi connectivity index (χ1v) is 19.0. The molecule has 0 saturated carbocycles. The molecule has 3 aromatic heterocycles. The Hall–Kier alpha value is -8.71. The second-order valence-corrected chi connectivity index (χ2v) is 14.7. The van der Waals surface area contributed by atoms with Crippen molar-refractivity contribution in [1.82, 2.24) is 14.5 Å². The van der Waals surface area contributed by atoms with Crippen LogP contribution >= 0.6 is 0 Å². The van der Waals surface area contributed by atoms with Crippen LogP contribution in [0.4, 0.5) is 17.1 Å². The zero-order valence-electron chi connectivity index (χ0n) is 30.9. The average molecular weight is 756 g/mol. The van der Waals surface area contributed by atoms with E-state index in [4.69, 9.17) is 19.4 Å². The first-order chi connectivity index (χ1) is 29.1. The van der Waals surface area contributed by atoms with Crippen LogP contribution < -0.4 is 14.4 Å². The summed E-state index contributed by atoms with van der Waals surface area (Å²) >= 11 is 0. The summed E-state index contributed by atoms with van der Waals surface area (Å²) in [4.78, 5) is 12.7. The van der Waals surface area contributed by atoms with E-state index >= 15 is 0 Å². The van der Waals surface area contributed by atoms with Gasteiger partial charge in [0.25, 0.3) is 0 Å². The van der Waals surface area contributed by atoms with E-state index in [1.54, 1.807) is 12.1 Å². The van der Waals surface area contributed by atoms with Crippen LogP contribution in [0.1, 0.15) is 38.9 Å². The van der Waals surface area contributed by atoms with Crippen molar-refractivity contribution in [2.24, 2.45) is 0 Å². The number of rotatable bonds is 2.